The van der Waals surface area contributed by atoms with Gasteiger partial charge in [0, 0.05) is 20.2 Å². The highest BCUT2D eigenvalue weighted by molar-refractivity contribution is 7.91. The van der Waals surface area contributed by atoms with E-state index >= 15 is 0 Å². The van der Waals surface area contributed by atoms with Gasteiger partial charge in [0.2, 0.25) is 0 Å². The third-order valence-corrected chi connectivity index (χ3v) is 5.91. The van der Waals surface area contributed by atoms with Crippen molar-refractivity contribution in [3.8, 4) is 0 Å². The number of amides is 2. The summed E-state index contributed by atoms with van der Waals surface area (Å²) in [5.74, 6) is -1.62. The van der Waals surface area contributed by atoms with Crippen molar-refractivity contribution in [1.82, 2.24) is 10.6 Å². The maximum absolute atomic E-state index is 13.0. The summed E-state index contributed by atoms with van der Waals surface area (Å²) in [5, 5.41) is 3.56. The standard InChI is InChI=1S/C18H22N2O6S/c1-13-5-7-14(8-6-13)27(23,24)16(15-4-3-10-26-15)12-20-18(22)17(21)19-9-11-25-2/h3-8,10,16H,9,11-12H2,1-2H3,(H,19,21)(H,20,22)/t16-/m0/s1. The molecule has 0 aliphatic heterocycles. The van der Waals surface area contributed by atoms with Crippen LogP contribution < -0.4 is 10.6 Å². The van der Waals surface area contributed by atoms with Crippen molar-refractivity contribution in [3.05, 3.63) is 54.0 Å². The summed E-state index contributed by atoms with van der Waals surface area (Å²) in [5.41, 5.74) is 0.921. The molecule has 1 atom stereocenters. The smallest absolute Gasteiger partial charge is 0.309 e. The second-order valence-electron chi connectivity index (χ2n) is 5.82. The molecule has 146 valence electrons. The first kappa shape index (κ1) is 20.7. The minimum Gasteiger partial charge on any atom is -0.468 e. The molecule has 0 bridgehead atoms. The Hall–Kier alpha value is -2.65. The highest BCUT2D eigenvalue weighted by Gasteiger charge is 2.32. The predicted molar refractivity (Wildman–Crippen MR) is 97.7 cm³/mol. The number of rotatable bonds is 8. The maximum atomic E-state index is 13.0. The van der Waals surface area contributed by atoms with E-state index in [4.69, 9.17) is 9.15 Å². The zero-order chi connectivity index (χ0) is 19.9. The van der Waals surface area contributed by atoms with E-state index in [0.717, 1.165) is 5.56 Å². The lowest BCUT2D eigenvalue weighted by molar-refractivity contribution is -0.139. The van der Waals surface area contributed by atoms with Crippen LogP contribution in [0.1, 0.15) is 16.6 Å². The van der Waals surface area contributed by atoms with Crippen LogP contribution in [0.15, 0.2) is 52.0 Å². The fraction of sp³-hybridized carbons (Fsp3) is 0.333. The van der Waals surface area contributed by atoms with E-state index in [1.165, 1.54) is 31.6 Å². The Bertz CT molecular complexity index is 860. The first-order valence-corrected chi connectivity index (χ1v) is 9.80. The second kappa shape index (κ2) is 9.33. The van der Waals surface area contributed by atoms with E-state index < -0.39 is 26.9 Å². The Morgan fingerprint density at radius 2 is 1.78 bits per heavy atom. The number of carbonyl (C=O) groups is 2. The number of sulfone groups is 1. The minimum absolute atomic E-state index is 0.105. The van der Waals surface area contributed by atoms with E-state index in [1.807, 2.05) is 6.92 Å². The van der Waals surface area contributed by atoms with Gasteiger partial charge in [-0.3, -0.25) is 9.59 Å². The molecule has 2 rings (SSSR count). The molecule has 2 aromatic rings. The highest BCUT2D eigenvalue weighted by atomic mass is 32.2. The van der Waals surface area contributed by atoms with Crippen molar-refractivity contribution < 1.29 is 27.2 Å². The number of benzene rings is 1. The molecule has 0 radical (unpaired) electrons. The van der Waals surface area contributed by atoms with Crippen LogP contribution in [0, 0.1) is 6.92 Å². The summed E-state index contributed by atoms with van der Waals surface area (Å²) in [7, 11) is -2.37. The van der Waals surface area contributed by atoms with Gasteiger partial charge in [0.15, 0.2) is 9.84 Å². The molecule has 2 N–H and O–H groups in total. The molecule has 0 fully saturated rings. The molecule has 2 amide bonds. The quantitative estimate of drug-likeness (QED) is 0.510. The topological polar surface area (TPSA) is 115 Å². The van der Waals surface area contributed by atoms with E-state index in [2.05, 4.69) is 10.6 Å². The van der Waals surface area contributed by atoms with E-state index in [-0.39, 0.29) is 30.4 Å². The van der Waals surface area contributed by atoms with Crippen LogP contribution in [-0.4, -0.2) is 47.0 Å². The maximum Gasteiger partial charge on any atom is 0.309 e. The summed E-state index contributed by atoms with van der Waals surface area (Å²) in [6.45, 7) is 1.98. The Labute approximate surface area is 157 Å². The van der Waals surface area contributed by atoms with Gasteiger partial charge in [0.05, 0.1) is 17.8 Å². The SMILES string of the molecule is COCCNC(=O)C(=O)NC[C@@H](c1ccco1)S(=O)(=O)c1ccc(C)cc1. The van der Waals surface area contributed by atoms with Gasteiger partial charge in [-0.05, 0) is 31.2 Å². The number of aryl methyl sites for hydroxylation is 1. The van der Waals surface area contributed by atoms with Crippen molar-refractivity contribution in [2.24, 2.45) is 0 Å². The number of ether oxygens (including phenoxy) is 1. The first-order valence-electron chi connectivity index (χ1n) is 8.25. The molecule has 0 saturated carbocycles. The van der Waals surface area contributed by atoms with Crippen molar-refractivity contribution >= 4 is 21.7 Å². The molecule has 27 heavy (non-hydrogen) atoms. The third kappa shape index (κ3) is 5.41. The van der Waals surface area contributed by atoms with Crippen LogP contribution in [-0.2, 0) is 24.2 Å². The summed E-state index contributed by atoms with van der Waals surface area (Å²) < 4.78 is 36.0. The van der Waals surface area contributed by atoms with Gasteiger partial charge in [-0.1, -0.05) is 17.7 Å². The summed E-state index contributed by atoms with van der Waals surface area (Å²) in [6.07, 6.45) is 1.35. The van der Waals surface area contributed by atoms with Crippen LogP contribution in [0.25, 0.3) is 0 Å². The number of hydrogen-bond acceptors (Lipinski definition) is 6. The Kier molecular flexibility index (Phi) is 7.14. The average molecular weight is 394 g/mol. The number of carbonyl (C=O) groups excluding carboxylic acids is 2. The second-order valence-corrected chi connectivity index (χ2v) is 7.95. The van der Waals surface area contributed by atoms with Gasteiger partial charge in [-0.2, -0.15) is 0 Å². The number of hydrogen-bond donors (Lipinski definition) is 2. The fourth-order valence-electron chi connectivity index (χ4n) is 2.34. The molecule has 0 unspecified atom stereocenters. The summed E-state index contributed by atoms with van der Waals surface area (Å²) in [4.78, 5) is 23.8. The summed E-state index contributed by atoms with van der Waals surface area (Å²) in [6, 6.07) is 9.45. The Morgan fingerprint density at radius 3 is 2.37 bits per heavy atom. The van der Waals surface area contributed by atoms with Crippen molar-refractivity contribution in [3.63, 3.8) is 0 Å². The summed E-state index contributed by atoms with van der Waals surface area (Å²) >= 11 is 0. The molecule has 0 aliphatic carbocycles. The van der Waals surface area contributed by atoms with Crippen molar-refractivity contribution in [1.29, 1.82) is 0 Å². The van der Waals surface area contributed by atoms with Crippen LogP contribution in [0.2, 0.25) is 0 Å². The van der Waals surface area contributed by atoms with Crippen molar-refractivity contribution in [2.75, 3.05) is 26.8 Å². The molecular formula is C18H22N2O6S. The van der Waals surface area contributed by atoms with Gasteiger partial charge in [-0.15, -0.1) is 0 Å². The predicted octanol–water partition coefficient (Wildman–Crippen LogP) is 0.982. The zero-order valence-corrected chi connectivity index (χ0v) is 15.9. The van der Waals surface area contributed by atoms with E-state index in [0.29, 0.717) is 0 Å². The first-order chi connectivity index (χ1) is 12.9. The average Bonchev–Trinajstić information content (AvgIpc) is 3.16. The van der Waals surface area contributed by atoms with Crippen molar-refractivity contribution in [2.45, 2.75) is 17.1 Å². The van der Waals surface area contributed by atoms with Crippen LogP contribution in [0.5, 0.6) is 0 Å². The van der Waals surface area contributed by atoms with Gasteiger partial charge >= 0.3 is 11.8 Å². The number of nitrogens with one attached hydrogen (secondary N) is 2. The van der Waals surface area contributed by atoms with E-state index in [9.17, 15) is 18.0 Å². The Morgan fingerprint density at radius 1 is 1.11 bits per heavy atom. The van der Waals surface area contributed by atoms with Crippen LogP contribution >= 0.6 is 0 Å². The normalized spacial score (nSPS) is 12.4. The highest BCUT2D eigenvalue weighted by Crippen LogP contribution is 2.29. The van der Waals surface area contributed by atoms with E-state index in [1.54, 1.807) is 18.2 Å². The molecular weight excluding hydrogens is 372 g/mol. The Balaban J connectivity index is 2.15. The van der Waals surface area contributed by atoms with Gasteiger partial charge in [0.1, 0.15) is 11.0 Å². The monoisotopic (exact) mass is 394 g/mol. The molecule has 1 heterocycles. The molecule has 0 aliphatic rings. The molecule has 1 aromatic heterocycles. The lowest BCUT2D eigenvalue weighted by Gasteiger charge is -2.16. The largest absolute Gasteiger partial charge is 0.468 e. The van der Waals surface area contributed by atoms with Gasteiger partial charge in [0.25, 0.3) is 0 Å². The zero-order valence-electron chi connectivity index (χ0n) is 15.1. The number of furan rings is 1. The van der Waals surface area contributed by atoms with Crippen LogP contribution in [0.3, 0.4) is 0 Å². The lowest BCUT2D eigenvalue weighted by atomic mass is 10.2. The van der Waals surface area contributed by atoms with Crippen LogP contribution in [0.4, 0.5) is 0 Å². The van der Waals surface area contributed by atoms with Gasteiger partial charge in [-0.25, -0.2) is 8.42 Å². The van der Waals surface area contributed by atoms with Gasteiger partial charge < -0.3 is 19.8 Å². The molecule has 1 aromatic carbocycles. The molecule has 0 spiro atoms. The molecule has 8 nitrogen and oxygen atoms in total. The number of methoxy groups -OCH3 is 1. The molecule has 0 saturated heterocycles. The molecule has 9 heteroatoms. The lowest BCUT2D eigenvalue weighted by Crippen LogP contribution is -2.43. The fourth-order valence-corrected chi connectivity index (χ4v) is 3.93. The minimum atomic E-state index is -3.84. The third-order valence-electron chi connectivity index (χ3n) is 3.83.